The molecule has 0 amide bonds. The molecule has 0 aliphatic carbocycles. The van der Waals surface area contributed by atoms with Crippen LogP contribution in [0.1, 0.15) is 12.8 Å². The number of hydrogen-bond donors (Lipinski definition) is 1. The van der Waals surface area contributed by atoms with E-state index in [4.69, 9.17) is 4.74 Å². The van der Waals surface area contributed by atoms with Gasteiger partial charge in [-0.2, -0.15) is 0 Å². The number of hydrogen-bond acceptors (Lipinski definition) is 4. The van der Waals surface area contributed by atoms with Crippen molar-refractivity contribution in [3.63, 3.8) is 0 Å². The van der Waals surface area contributed by atoms with E-state index in [-0.39, 0.29) is 10.8 Å². The van der Waals surface area contributed by atoms with Crippen molar-refractivity contribution in [2.24, 2.45) is 5.92 Å². The molecule has 1 atom stereocenters. The van der Waals surface area contributed by atoms with Crippen molar-refractivity contribution in [2.45, 2.75) is 17.7 Å². The van der Waals surface area contributed by atoms with Crippen LogP contribution >= 0.6 is 15.9 Å². The molecule has 1 unspecified atom stereocenters. The summed E-state index contributed by atoms with van der Waals surface area (Å²) in [5.74, 6) is 0.351. The molecule has 15 heavy (non-hydrogen) atoms. The summed E-state index contributed by atoms with van der Waals surface area (Å²) in [4.78, 5) is 10.7. The van der Waals surface area contributed by atoms with E-state index in [0.717, 1.165) is 32.5 Å². The van der Waals surface area contributed by atoms with E-state index in [1.165, 1.54) is 7.11 Å². The van der Waals surface area contributed by atoms with Gasteiger partial charge in [0.25, 0.3) is 0 Å². The van der Waals surface area contributed by atoms with Gasteiger partial charge in [0.1, 0.15) is 4.83 Å². The molecule has 1 aliphatic heterocycles. The van der Waals surface area contributed by atoms with Crippen molar-refractivity contribution in [1.82, 2.24) is 5.32 Å². The number of methoxy groups -OCH3 is 1. The Labute approximate surface area is 98.8 Å². The van der Waals surface area contributed by atoms with Gasteiger partial charge in [-0.1, -0.05) is 15.9 Å². The minimum Gasteiger partial charge on any atom is -0.468 e. The van der Waals surface area contributed by atoms with Gasteiger partial charge in [-0.05, 0) is 31.8 Å². The number of ether oxygens (including phenoxy) is 2. The second-order valence-corrected chi connectivity index (χ2v) is 4.83. The van der Waals surface area contributed by atoms with Crippen molar-refractivity contribution < 1.29 is 14.3 Å². The number of carbonyl (C=O) groups excluding carboxylic acids is 1. The van der Waals surface area contributed by atoms with Crippen LogP contribution in [0.4, 0.5) is 0 Å². The number of piperidine rings is 1. The SMILES string of the molecule is COC(=O)C(Br)COCC1CCNCC1. The van der Waals surface area contributed by atoms with Crippen LogP contribution in [0, 0.1) is 5.92 Å². The predicted molar refractivity (Wildman–Crippen MR) is 61.1 cm³/mol. The normalized spacial score (nSPS) is 19.9. The van der Waals surface area contributed by atoms with Crippen LogP contribution in [0.3, 0.4) is 0 Å². The Morgan fingerprint density at radius 2 is 2.20 bits per heavy atom. The number of nitrogens with one attached hydrogen (secondary N) is 1. The third-order valence-electron chi connectivity index (χ3n) is 2.53. The maximum Gasteiger partial charge on any atom is 0.321 e. The molecule has 0 saturated carbocycles. The minimum atomic E-state index is -0.343. The Balaban J connectivity index is 2.07. The monoisotopic (exact) mass is 279 g/mol. The fourth-order valence-electron chi connectivity index (χ4n) is 1.58. The molecule has 1 rings (SSSR count). The zero-order valence-electron chi connectivity index (χ0n) is 9.00. The van der Waals surface area contributed by atoms with Crippen LogP contribution in [-0.2, 0) is 14.3 Å². The van der Waals surface area contributed by atoms with Crippen LogP contribution in [0.2, 0.25) is 0 Å². The highest BCUT2D eigenvalue weighted by atomic mass is 79.9. The molecule has 0 aromatic heterocycles. The fraction of sp³-hybridized carbons (Fsp3) is 0.900. The molecule has 1 fully saturated rings. The molecule has 1 heterocycles. The molecule has 4 nitrogen and oxygen atoms in total. The first-order valence-corrected chi connectivity index (χ1v) is 6.16. The number of halogens is 1. The molecule has 1 aliphatic rings. The van der Waals surface area contributed by atoms with Crippen molar-refractivity contribution >= 4 is 21.9 Å². The second kappa shape index (κ2) is 7.19. The molecule has 1 saturated heterocycles. The first-order valence-electron chi connectivity index (χ1n) is 5.24. The fourth-order valence-corrected chi connectivity index (χ4v) is 1.96. The van der Waals surface area contributed by atoms with Crippen molar-refractivity contribution in [2.75, 3.05) is 33.4 Å². The standard InChI is InChI=1S/C10H18BrNO3/c1-14-10(13)9(11)7-15-6-8-2-4-12-5-3-8/h8-9,12H,2-7H2,1H3. The smallest absolute Gasteiger partial charge is 0.321 e. The topological polar surface area (TPSA) is 47.6 Å². The molecule has 0 spiro atoms. The number of rotatable bonds is 5. The molecule has 0 bridgehead atoms. The highest BCUT2D eigenvalue weighted by Crippen LogP contribution is 2.12. The van der Waals surface area contributed by atoms with Crippen molar-refractivity contribution in [3.05, 3.63) is 0 Å². The van der Waals surface area contributed by atoms with E-state index in [1.54, 1.807) is 0 Å². The first-order chi connectivity index (χ1) is 7.24. The highest BCUT2D eigenvalue weighted by Gasteiger charge is 2.17. The quantitative estimate of drug-likeness (QED) is 0.601. The zero-order valence-corrected chi connectivity index (χ0v) is 10.6. The lowest BCUT2D eigenvalue weighted by Crippen LogP contribution is -2.31. The predicted octanol–water partition coefficient (Wildman–Crippen LogP) is 0.939. The molecule has 0 aromatic carbocycles. The third kappa shape index (κ3) is 4.95. The maximum atomic E-state index is 11.0. The summed E-state index contributed by atoms with van der Waals surface area (Å²) in [6, 6.07) is 0. The van der Waals surface area contributed by atoms with Crippen LogP contribution in [0.15, 0.2) is 0 Å². The molecule has 0 aromatic rings. The average molecular weight is 280 g/mol. The van der Waals surface area contributed by atoms with Crippen LogP contribution in [0.5, 0.6) is 0 Å². The number of carbonyl (C=O) groups is 1. The molecular formula is C10H18BrNO3. The van der Waals surface area contributed by atoms with Gasteiger partial charge in [-0.3, -0.25) is 4.79 Å². The summed E-state index contributed by atoms with van der Waals surface area (Å²) in [5.41, 5.74) is 0. The van der Waals surface area contributed by atoms with E-state index in [1.807, 2.05) is 0 Å². The largest absolute Gasteiger partial charge is 0.468 e. The van der Waals surface area contributed by atoms with Gasteiger partial charge in [0, 0.05) is 6.61 Å². The van der Waals surface area contributed by atoms with Gasteiger partial charge in [0.05, 0.1) is 13.7 Å². The summed E-state index contributed by atoms with van der Waals surface area (Å²) >= 11 is 3.22. The summed E-state index contributed by atoms with van der Waals surface area (Å²) in [5, 5.41) is 3.30. The van der Waals surface area contributed by atoms with Gasteiger partial charge in [-0.25, -0.2) is 0 Å². The Kier molecular flexibility index (Phi) is 6.20. The summed E-state index contributed by atoms with van der Waals surface area (Å²) in [7, 11) is 1.38. The van der Waals surface area contributed by atoms with Gasteiger partial charge in [0.15, 0.2) is 0 Å². The minimum absolute atomic E-state index is 0.277. The zero-order chi connectivity index (χ0) is 11.1. The Bertz CT molecular complexity index is 195. The summed E-state index contributed by atoms with van der Waals surface area (Å²) in [6.45, 7) is 3.27. The third-order valence-corrected chi connectivity index (χ3v) is 3.17. The Hall–Kier alpha value is -0.130. The van der Waals surface area contributed by atoms with Crippen molar-refractivity contribution in [1.29, 1.82) is 0 Å². The molecule has 5 heteroatoms. The lowest BCUT2D eigenvalue weighted by molar-refractivity contribution is -0.141. The second-order valence-electron chi connectivity index (χ2n) is 3.72. The molecule has 1 N–H and O–H groups in total. The van der Waals surface area contributed by atoms with E-state index < -0.39 is 0 Å². The van der Waals surface area contributed by atoms with E-state index in [2.05, 4.69) is 26.0 Å². The van der Waals surface area contributed by atoms with E-state index in [9.17, 15) is 4.79 Å². The average Bonchev–Trinajstić information content (AvgIpc) is 2.29. The van der Waals surface area contributed by atoms with Gasteiger partial charge < -0.3 is 14.8 Å². The molecule has 88 valence electrons. The molecule has 0 radical (unpaired) electrons. The summed E-state index contributed by atoms with van der Waals surface area (Å²) in [6.07, 6.45) is 2.32. The van der Waals surface area contributed by atoms with Crippen LogP contribution in [0.25, 0.3) is 0 Å². The van der Waals surface area contributed by atoms with Crippen LogP contribution < -0.4 is 5.32 Å². The Morgan fingerprint density at radius 3 is 2.80 bits per heavy atom. The van der Waals surface area contributed by atoms with Gasteiger partial charge in [0.2, 0.25) is 0 Å². The van der Waals surface area contributed by atoms with E-state index >= 15 is 0 Å². The highest BCUT2D eigenvalue weighted by molar-refractivity contribution is 9.10. The first kappa shape index (κ1) is 12.9. The van der Waals surface area contributed by atoms with Gasteiger partial charge >= 0.3 is 5.97 Å². The van der Waals surface area contributed by atoms with Crippen LogP contribution in [-0.4, -0.2) is 44.2 Å². The van der Waals surface area contributed by atoms with Crippen molar-refractivity contribution in [3.8, 4) is 0 Å². The van der Waals surface area contributed by atoms with E-state index in [0.29, 0.717) is 12.5 Å². The summed E-state index contributed by atoms with van der Waals surface area (Å²) < 4.78 is 10.1. The molecular weight excluding hydrogens is 262 g/mol. The lowest BCUT2D eigenvalue weighted by Gasteiger charge is -2.22. The Morgan fingerprint density at radius 1 is 1.53 bits per heavy atom. The number of esters is 1. The number of alkyl halides is 1. The maximum absolute atomic E-state index is 11.0. The van der Waals surface area contributed by atoms with Gasteiger partial charge in [-0.15, -0.1) is 0 Å². The lowest BCUT2D eigenvalue weighted by atomic mass is 9.99.